The average Bonchev–Trinajstić information content (AvgIpc) is 3.46. The highest BCUT2D eigenvalue weighted by Gasteiger charge is 2.24. The molecule has 176 valence electrons. The van der Waals surface area contributed by atoms with Gasteiger partial charge in [0.15, 0.2) is 5.96 Å². The topological polar surface area (TPSA) is 68.8 Å². The maximum atomic E-state index is 13.2. The lowest BCUT2D eigenvalue weighted by Gasteiger charge is -2.25. The van der Waals surface area contributed by atoms with E-state index in [4.69, 9.17) is 4.99 Å². The summed E-state index contributed by atoms with van der Waals surface area (Å²) in [5.41, 5.74) is 0.668. The van der Waals surface area contributed by atoms with Gasteiger partial charge >= 0.3 is 0 Å². The van der Waals surface area contributed by atoms with Crippen LogP contribution in [0.15, 0.2) is 46.8 Å². The molecule has 1 unspecified atom stereocenters. The number of carbonyl (C=O) groups is 1. The van der Waals surface area contributed by atoms with Crippen molar-refractivity contribution in [2.24, 2.45) is 4.99 Å². The Kier molecular flexibility index (Phi) is 12.0. The van der Waals surface area contributed by atoms with Crippen LogP contribution in [0.4, 0.5) is 4.39 Å². The SMILES string of the molecule is CCNC(=NCC(c1cccs1)N1CCCC1)NCCNC(=O)Cc1cccc(F)c1.I. The van der Waals surface area contributed by atoms with Crippen LogP contribution in [0.1, 0.15) is 36.2 Å². The number of halogens is 2. The van der Waals surface area contributed by atoms with Crippen LogP contribution in [0.2, 0.25) is 0 Å². The zero-order valence-corrected chi connectivity index (χ0v) is 21.6. The van der Waals surface area contributed by atoms with Crippen molar-refractivity contribution in [3.05, 3.63) is 58.0 Å². The summed E-state index contributed by atoms with van der Waals surface area (Å²) in [5, 5.41) is 11.6. The number of hydrogen-bond donors (Lipinski definition) is 3. The predicted octanol–water partition coefficient (Wildman–Crippen LogP) is 3.56. The van der Waals surface area contributed by atoms with E-state index in [2.05, 4.69) is 38.4 Å². The second kappa shape index (κ2) is 14.4. The molecule has 1 saturated heterocycles. The first-order chi connectivity index (χ1) is 15.2. The number of rotatable bonds is 10. The number of likely N-dealkylation sites (tertiary alicyclic amines) is 1. The van der Waals surface area contributed by atoms with E-state index in [-0.39, 0.29) is 42.1 Å². The van der Waals surface area contributed by atoms with E-state index < -0.39 is 0 Å². The van der Waals surface area contributed by atoms with Gasteiger partial charge in [0.05, 0.1) is 19.0 Å². The molecule has 6 nitrogen and oxygen atoms in total. The van der Waals surface area contributed by atoms with Crippen LogP contribution < -0.4 is 16.0 Å². The van der Waals surface area contributed by atoms with Crippen molar-refractivity contribution in [2.45, 2.75) is 32.2 Å². The van der Waals surface area contributed by atoms with Gasteiger partial charge in [-0.05, 0) is 62.0 Å². The van der Waals surface area contributed by atoms with Gasteiger partial charge in [-0.2, -0.15) is 0 Å². The van der Waals surface area contributed by atoms with Crippen LogP contribution in [0, 0.1) is 5.82 Å². The molecular weight excluding hydrogens is 540 g/mol. The number of thiophene rings is 1. The summed E-state index contributed by atoms with van der Waals surface area (Å²) >= 11 is 1.79. The minimum absolute atomic E-state index is 0. The minimum atomic E-state index is -0.326. The van der Waals surface area contributed by atoms with E-state index in [9.17, 15) is 9.18 Å². The van der Waals surface area contributed by atoms with Crippen LogP contribution in [0.25, 0.3) is 0 Å². The fourth-order valence-corrected chi connectivity index (χ4v) is 4.57. The molecule has 3 N–H and O–H groups in total. The summed E-state index contributed by atoms with van der Waals surface area (Å²) in [6.07, 6.45) is 2.67. The molecule has 1 atom stereocenters. The number of hydrogen-bond acceptors (Lipinski definition) is 4. The van der Waals surface area contributed by atoms with Gasteiger partial charge in [-0.25, -0.2) is 4.39 Å². The lowest BCUT2D eigenvalue weighted by molar-refractivity contribution is -0.120. The molecule has 0 aliphatic carbocycles. The molecule has 1 aliphatic heterocycles. The molecule has 0 bridgehead atoms. The first kappa shape index (κ1) is 26.5. The molecule has 2 aromatic rings. The Bertz CT molecular complexity index is 843. The number of amides is 1. The first-order valence-electron chi connectivity index (χ1n) is 11.0. The third-order valence-electron chi connectivity index (χ3n) is 5.21. The van der Waals surface area contributed by atoms with E-state index >= 15 is 0 Å². The maximum Gasteiger partial charge on any atom is 0.224 e. The quantitative estimate of drug-likeness (QED) is 0.176. The minimum Gasteiger partial charge on any atom is -0.357 e. The molecule has 9 heteroatoms. The van der Waals surface area contributed by atoms with E-state index in [1.807, 2.05) is 6.92 Å². The molecule has 1 fully saturated rings. The molecule has 1 aliphatic rings. The number of aliphatic imine (C=N–C) groups is 1. The Balaban J connectivity index is 0.00000363. The van der Waals surface area contributed by atoms with E-state index in [1.165, 1.54) is 29.9 Å². The molecular formula is C23H33FIN5OS. The highest BCUT2D eigenvalue weighted by Crippen LogP contribution is 2.28. The van der Waals surface area contributed by atoms with Gasteiger partial charge in [-0.3, -0.25) is 14.7 Å². The second-order valence-corrected chi connectivity index (χ2v) is 8.56. The smallest absolute Gasteiger partial charge is 0.224 e. The van der Waals surface area contributed by atoms with Gasteiger partial charge in [-0.1, -0.05) is 18.2 Å². The zero-order chi connectivity index (χ0) is 21.9. The van der Waals surface area contributed by atoms with Crippen molar-refractivity contribution in [3.8, 4) is 0 Å². The number of nitrogens with zero attached hydrogens (tertiary/aromatic N) is 2. The molecule has 1 aromatic heterocycles. The summed E-state index contributed by atoms with van der Waals surface area (Å²) in [4.78, 5) is 20.8. The Morgan fingerprint density at radius 2 is 1.94 bits per heavy atom. The zero-order valence-electron chi connectivity index (χ0n) is 18.5. The summed E-state index contributed by atoms with van der Waals surface area (Å²) in [5.74, 6) is 0.303. The monoisotopic (exact) mass is 573 g/mol. The summed E-state index contributed by atoms with van der Waals surface area (Å²) in [6, 6.07) is 10.7. The highest BCUT2D eigenvalue weighted by molar-refractivity contribution is 14.0. The number of nitrogens with one attached hydrogen (secondary N) is 3. The van der Waals surface area contributed by atoms with Crippen LogP contribution in [0.3, 0.4) is 0 Å². The fourth-order valence-electron chi connectivity index (χ4n) is 3.72. The van der Waals surface area contributed by atoms with Crippen molar-refractivity contribution in [2.75, 3.05) is 39.3 Å². The van der Waals surface area contributed by atoms with Crippen molar-refractivity contribution in [1.82, 2.24) is 20.9 Å². The van der Waals surface area contributed by atoms with Gasteiger partial charge in [0.25, 0.3) is 0 Å². The summed E-state index contributed by atoms with van der Waals surface area (Å²) in [6.45, 7) is 6.79. The molecule has 0 saturated carbocycles. The average molecular weight is 574 g/mol. The van der Waals surface area contributed by atoms with Crippen molar-refractivity contribution in [3.63, 3.8) is 0 Å². The lowest BCUT2D eigenvalue weighted by Crippen LogP contribution is -2.42. The van der Waals surface area contributed by atoms with Gasteiger partial charge in [0, 0.05) is 24.5 Å². The van der Waals surface area contributed by atoms with Crippen molar-refractivity contribution < 1.29 is 9.18 Å². The summed E-state index contributed by atoms with van der Waals surface area (Å²) in [7, 11) is 0. The number of carbonyl (C=O) groups excluding carboxylic acids is 1. The molecule has 0 spiro atoms. The van der Waals surface area contributed by atoms with E-state index in [1.54, 1.807) is 23.5 Å². The number of guanidine groups is 1. The van der Waals surface area contributed by atoms with Crippen molar-refractivity contribution in [1.29, 1.82) is 0 Å². The third kappa shape index (κ3) is 8.67. The summed E-state index contributed by atoms with van der Waals surface area (Å²) < 4.78 is 13.2. The van der Waals surface area contributed by atoms with Crippen LogP contribution in [-0.4, -0.2) is 56.0 Å². The van der Waals surface area contributed by atoms with Crippen LogP contribution in [-0.2, 0) is 11.2 Å². The van der Waals surface area contributed by atoms with Crippen LogP contribution in [0.5, 0.6) is 0 Å². The standard InChI is InChI=1S/C23H32FN5OS.HI/c1-2-25-23(27-11-10-26-22(30)16-18-7-5-8-19(24)15-18)28-17-20(21-9-6-14-31-21)29-12-3-4-13-29;/h5-9,14-15,20H,2-4,10-13,16-17H2,1H3,(H,26,30)(H2,25,27,28);1H. The molecule has 2 heterocycles. The van der Waals surface area contributed by atoms with Gasteiger partial charge in [0.2, 0.25) is 5.91 Å². The van der Waals surface area contributed by atoms with E-state index in [0.717, 1.165) is 25.6 Å². The highest BCUT2D eigenvalue weighted by atomic mass is 127. The largest absolute Gasteiger partial charge is 0.357 e. The second-order valence-electron chi connectivity index (χ2n) is 7.58. The number of benzene rings is 1. The molecule has 1 amide bonds. The lowest BCUT2D eigenvalue weighted by atomic mass is 10.1. The Hall–Kier alpha value is -1.72. The molecule has 32 heavy (non-hydrogen) atoms. The van der Waals surface area contributed by atoms with Gasteiger partial charge in [-0.15, -0.1) is 35.3 Å². The first-order valence-corrected chi connectivity index (χ1v) is 11.8. The molecule has 3 rings (SSSR count). The van der Waals surface area contributed by atoms with Gasteiger partial charge in [0.1, 0.15) is 5.82 Å². The van der Waals surface area contributed by atoms with E-state index in [0.29, 0.717) is 31.2 Å². The Morgan fingerprint density at radius 1 is 1.16 bits per heavy atom. The van der Waals surface area contributed by atoms with Gasteiger partial charge < -0.3 is 16.0 Å². The fraction of sp³-hybridized carbons (Fsp3) is 0.478. The normalized spacial score (nSPS) is 15.1. The predicted molar refractivity (Wildman–Crippen MR) is 140 cm³/mol. The molecule has 1 aromatic carbocycles. The third-order valence-corrected chi connectivity index (χ3v) is 6.19. The Labute approximate surface area is 211 Å². The molecule has 0 radical (unpaired) electrons. The van der Waals surface area contributed by atoms with Crippen LogP contribution >= 0.6 is 35.3 Å². The maximum absolute atomic E-state index is 13.2. The van der Waals surface area contributed by atoms with Crippen molar-refractivity contribution >= 4 is 47.2 Å². The Morgan fingerprint density at radius 3 is 2.62 bits per heavy atom.